The van der Waals surface area contributed by atoms with Gasteiger partial charge in [0.25, 0.3) is 5.88 Å². The van der Waals surface area contributed by atoms with Crippen LogP contribution in [0, 0.1) is 0 Å². The van der Waals surface area contributed by atoms with Crippen LogP contribution in [0.2, 0.25) is 0 Å². The van der Waals surface area contributed by atoms with Crippen LogP contribution in [0.5, 0.6) is 5.88 Å². The molecule has 4 nitrogen and oxygen atoms in total. The first-order valence-electron chi connectivity index (χ1n) is 6.14. The molecule has 0 unspecified atom stereocenters. The van der Waals surface area contributed by atoms with Gasteiger partial charge in [-0.15, -0.1) is 0 Å². The molecule has 3 rings (SSSR count). The molecule has 1 aromatic carbocycles. The van der Waals surface area contributed by atoms with E-state index in [0.29, 0.717) is 5.88 Å². The molecule has 0 fully saturated rings. The van der Waals surface area contributed by atoms with E-state index in [0.717, 1.165) is 37.4 Å². The third-order valence-electron chi connectivity index (χ3n) is 3.31. The predicted molar refractivity (Wildman–Crippen MR) is 67.3 cm³/mol. The monoisotopic (exact) mass is 244 g/mol. The van der Waals surface area contributed by atoms with Crippen molar-refractivity contribution >= 4 is 0 Å². The summed E-state index contributed by atoms with van der Waals surface area (Å²) in [7, 11) is 1.63. The molecule has 94 valence electrons. The predicted octanol–water partition coefficient (Wildman–Crippen LogP) is 2.24. The quantitative estimate of drug-likeness (QED) is 0.830. The number of aromatic nitrogens is 1. The first kappa shape index (κ1) is 11.3. The minimum absolute atomic E-state index is 0.628. The van der Waals surface area contributed by atoms with Crippen molar-refractivity contribution in [1.29, 1.82) is 0 Å². The van der Waals surface area contributed by atoms with Crippen molar-refractivity contribution < 1.29 is 9.26 Å². The van der Waals surface area contributed by atoms with E-state index in [1.807, 2.05) is 6.07 Å². The Morgan fingerprint density at radius 2 is 2.17 bits per heavy atom. The fourth-order valence-electron chi connectivity index (χ4n) is 2.38. The van der Waals surface area contributed by atoms with E-state index in [-0.39, 0.29) is 0 Å². The van der Waals surface area contributed by atoms with Crippen molar-refractivity contribution in [3.8, 4) is 5.88 Å². The number of fused-ring (bicyclic) bond motifs is 1. The maximum absolute atomic E-state index is 5.27. The van der Waals surface area contributed by atoms with E-state index in [1.165, 1.54) is 5.56 Å². The van der Waals surface area contributed by atoms with Crippen LogP contribution in [-0.2, 0) is 19.5 Å². The smallest absolute Gasteiger partial charge is 0.258 e. The highest BCUT2D eigenvalue weighted by atomic mass is 16.5. The molecule has 2 aromatic rings. The summed E-state index contributed by atoms with van der Waals surface area (Å²) >= 11 is 0. The Balaban J connectivity index is 1.74. The lowest BCUT2D eigenvalue weighted by molar-refractivity contribution is 0.228. The molecule has 0 atom stereocenters. The number of benzene rings is 1. The maximum atomic E-state index is 5.27. The summed E-state index contributed by atoms with van der Waals surface area (Å²) in [5.41, 5.74) is 2.43. The van der Waals surface area contributed by atoms with Crippen LogP contribution in [0.1, 0.15) is 16.9 Å². The molecule has 1 aromatic heterocycles. The van der Waals surface area contributed by atoms with Crippen molar-refractivity contribution in [2.45, 2.75) is 19.5 Å². The minimum Gasteiger partial charge on any atom is -0.479 e. The van der Waals surface area contributed by atoms with Crippen molar-refractivity contribution in [1.82, 2.24) is 10.1 Å². The van der Waals surface area contributed by atoms with Crippen LogP contribution >= 0.6 is 0 Å². The standard InChI is InChI=1S/C14H16N2O2/c1-17-14-12-10-16(8-7-13(12)18-15-14)9-11-5-3-2-4-6-11/h2-6H,7-10H2,1H3. The molecule has 4 heteroatoms. The largest absolute Gasteiger partial charge is 0.479 e. The van der Waals surface area contributed by atoms with Crippen LogP contribution in [0.3, 0.4) is 0 Å². The van der Waals surface area contributed by atoms with E-state index in [2.05, 4.69) is 34.3 Å². The zero-order valence-corrected chi connectivity index (χ0v) is 10.4. The normalized spacial score (nSPS) is 15.4. The molecule has 0 N–H and O–H groups in total. The van der Waals surface area contributed by atoms with Gasteiger partial charge in [0.05, 0.1) is 12.7 Å². The molecule has 0 aliphatic carbocycles. The minimum atomic E-state index is 0.628. The zero-order chi connectivity index (χ0) is 12.4. The molecular weight excluding hydrogens is 228 g/mol. The molecule has 0 amide bonds. The summed E-state index contributed by atoms with van der Waals surface area (Å²) in [6, 6.07) is 10.5. The van der Waals surface area contributed by atoms with Gasteiger partial charge in [-0.05, 0) is 10.7 Å². The van der Waals surface area contributed by atoms with Gasteiger partial charge in [0.15, 0.2) is 0 Å². The van der Waals surface area contributed by atoms with E-state index >= 15 is 0 Å². The van der Waals surface area contributed by atoms with Crippen molar-refractivity contribution in [3.63, 3.8) is 0 Å². The Morgan fingerprint density at radius 1 is 1.33 bits per heavy atom. The fourth-order valence-corrected chi connectivity index (χ4v) is 2.38. The van der Waals surface area contributed by atoms with E-state index in [9.17, 15) is 0 Å². The van der Waals surface area contributed by atoms with Gasteiger partial charge in [0.2, 0.25) is 0 Å². The Hall–Kier alpha value is -1.81. The van der Waals surface area contributed by atoms with Crippen LogP contribution in [0.15, 0.2) is 34.9 Å². The molecular formula is C14H16N2O2. The zero-order valence-electron chi connectivity index (χ0n) is 10.4. The number of hydrogen-bond donors (Lipinski definition) is 0. The lowest BCUT2D eigenvalue weighted by Crippen LogP contribution is -2.29. The second-order valence-corrected chi connectivity index (χ2v) is 4.54. The molecule has 1 aliphatic heterocycles. The van der Waals surface area contributed by atoms with Gasteiger partial charge in [0, 0.05) is 26.1 Å². The van der Waals surface area contributed by atoms with Gasteiger partial charge in [0.1, 0.15) is 5.76 Å². The molecule has 0 saturated heterocycles. The number of rotatable bonds is 3. The first-order valence-corrected chi connectivity index (χ1v) is 6.14. The Morgan fingerprint density at radius 3 is 2.94 bits per heavy atom. The fraction of sp³-hybridized carbons (Fsp3) is 0.357. The number of methoxy groups -OCH3 is 1. The summed E-state index contributed by atoms with van der Waals surface area (Å²) in [5, 5.41) is 3.93. The number of nitrogens with zero attached hydrogens (tertiary/aromatic N) is 2. The average Bonchev–Trinajstić information content (AvgIpc) is 2.82. The average molecular weight is 244 g/mol. The first-order chi connectivity index (χ1) is 8.86. The summed E-state index contributed by atoms with van der Waals surface area (Å²) in [6.07, 6.45) is 0.901. The van der Waals surface area contributed by atoms with Gasteiger partial charge in [-0.2, -0.15) is 0 Å². The Labute approximate surface area is 106 Å². The summed E-state index contributed by atoms with van der Waals surface area (Å²) in [6.45, 7) is 2.80. The molecule has 2 heterocycles. The van der Waals surface area contributed by atoms with Crippen LogP contribution < -0.4 is 4.74 Å². The molecule has 0 saturated carbocycles. The van der Waals surface area contributed by atoms with Gasteiger partial charge >= 0.3 is 0 Å². The second kappa shape index (κ2) is 4.82. The molecule has 0 spiro atoms. The van der Waals surface area contributed by atoms with Crippen LogP contribution in [0.4, 0.5) is 0 Å². The van der Waals surface area contributed by atoms with Crippen LogP contribution in [-0.4, -0.2) is 23.7 Å². The number of ether oxygens (including phenoxy) is 1. The molecule has 0 bridgehead atoms. The highest BCUT2D eigenvalue weighted by molar-refractivity contribution is 5.30. The topological polar surface area (TPSA) is 38.5 Å². The lowest BCUT2D eigenvalue weighted by Gasteiger charge is -2.25. The molecule has 18 heavy (non-hydrogen) atoms. The third-order valence-corrected chi connectivity index (χ3v) is 3.31. The molecule has 1 aliphatic rings. The maximum Gasteiger partial charge on any atom is 0.258 e. The Kier molecular flexibility index (Phi) is 3.02. The van der Waals surface area contributed by atoms with Crippen molar-refractivity contribution in [2.75, 3.05) is 13.7 Å². The lowest BCUT2D eigenvalue weighted by atomic mass is 10.1. The third kappa shape index (κ3) is 2.11. The van der Waals surface area contributed by atoms with Gasteiger partial charge in [-0.1, -0.05) is 30.3 Å². The van der Waals surface area contributed by atoms with Crippen LogP contribution in [0.25, 0.3) is 0 Å². The Bertz CT molecular complexity index is 508. The molecule has 0 radical (unpaired) electrons. The van der Waals surface area contributed by atoms with E-state index in [1.54, 1.807) is 7.11 Å². The highest BCUT2D eigenvalue weighted by Gasteiger charge is 2.24. The second-order valence-electron chi connectivity index (χ2n) is 4.54. The van der Waals surface area contributed by atoms with Crippen molar-refractivity contribution in [2.24, 2.45) is 0 Å². The van der Waals surface area contributed by atoms with E-state index in [4.69, 9.17) is 9.26 Å². The summed E-state index contributed by atoms with van der Waals surface area (Å²) in [5.74, 6) is 1.60. The van der Waals surface area contributed by atoms with Crippen molar-refractivity contribution in [3.05, 3.63) is 47.2 Å². The summed E-state index contributed by atoms with van der Waals surface area (Å²) < 4.78 is 10.5. The highest BCUT2D eigenvalue weighted by Crippen LogP contribution is 2.27. The SMILES string of the molecule is COc1noc2c1CN(Cc1ccccc1)CC2. The van der Waals surface area contributed by atoms with Gasteiger partial charge in [-0.3, -0.25) is 4.90 Å². The van der Waals surface area contributed by atoms with Gasteiger partial charge < -0.3 is 9.26 Å². The number of hydrogen-bond acceptors (Lipinski definition) is 4. The summed E-state index contributed by atoms with van der Waals surface area (Å²) in [4.78, 5) is 2.39. The van der Waals surface area contributed by atoms with Gasteiger partial charge in [-0.25, -0.2) is 0 Å². The van der Waals surface area contributed by atoms with E-state index < -0.39 is 0 Å².